The van der Waals surface area contributed by atoms with E-state index in [0.29, 0.717) is 18.9 Å². The molecule has 19 heavy (non-hydrogen) atoms. The standard InChI is InChI=1S/C14H22N2O3/c1-3-10-4-5-16(12(6-10)14(18)19)13(17)9(2)11-7-15-8-11/h10,12,15H,3-8H2,1-2H3,(H,18,19). The van der Waals surface area contributed by atoms with Crippen LogP contribution in [0.4, 0.5) is 0 Å². The normalized spacial score (nSPS) is 26.8. The minimum Gasteiger partial charge on any atom is -0.480 e. The van der Waals surface area contributed by atoms with Crippen LogP contribution in [0.1, 0.15) is 33.1 Å². The molecular weight excluding hydrogens is 244 g/mol. The number of carboxylic acids is 1. The smallest absolute Gasteiger partial charge is 0.326 e. The van der Waals surface area contributed by atoms with Crippen LogP contribution in [0.3, 0.4) is 0 Å². The number of carboxylic acid groups (broad SMARTS) is 1. The summed E-state index contributed by atoms with van der Waals surface area (Å²) < 4.78 is 0. The fourth-order valence-electron chi connectivity index (χ4n) is 2.77. The Labute approximate surface area is 113 Å². The second-order valence-electron chi connectivity index (χ2n) is 5.48. The molecule has 2 saturated heterocycles. The molecule has 2 aliphatic rings. The molecule has 0 aromatic carbocycles. The number of amides is 1. The largest absolute Gasteiger partial charge is 0.480 e. The average molecular weight is 266 g/mol. The first kappa shape index (κ1) is 14.1. The second-order valence-corrected chi connectivity index (χ2v) is 5.48. The van der Waals surface area contributed by atoms with E-state index in [1.165, 1.54) is 0 Å². The van der Waals surface area contributed by atoms with E-state index in [1.807, 2.05) is 6.92 Å². The Balaban J connectivity index is 2.13. The maximum atomic E-state index is 12.4. The minimum atomic E-state index is -0.879. The molecule has 0 aliphatic carbocycles. The van der Waals surface area contributed by atoms with E-state index in [0.717, 1.165) is 37.1 Å². The molecule has 0 aromatic heterocycles. The highest BCUT2D eigenvalue weighted by Crippen LogP contribution is 2.27. The van der Waals surface area contributed by atoms with Crippen molar-refractivity contribution in [3.8, 4) is 0 Å². The average Bonchev–Trinajstić information content (AvgIpc) is 2.34. The van der Waals surface area contributed by atoms with Crippen LogP contribution >= 0.6 is 0 Å². The van der Waals surface area contributed by atoms with Crippen molar-refractivity contribution in [2.24, 2.45) is 5.92 Å². The number of carbonyl (C=O) groups excluding carboxylic acids is 1. The van der Waals surface area contributed by atoms with Crippen molar-refractivity contribution in [2.75, 3.05) is 19.6 Å². The number of hydrogen-bond donors (Lipinski definition) is 2. The van der Waals surface area contributed by atoms with Gasteiger partial charge in [0.05, 0.1) is 0 Å². The zero-order chi connectivity index (χ0) is 14.0. The summed E-state index contributed by atoms with van der Waals surface area (Å²) in [6, 6.07) is -0.658. The van der Waals surface area contributed by atoms with E-state index in [2.05, 4.69) is 12.2 Å². The predicted octanol–water partition coefficient (Wildman–Crippen LogP) is 1.01. The molecular formula is C14H22N2O3. The van der Waals surface area contributed by atoms with Crippen LogP contribution in [0.25, 0.3) is 0 Å². The Kier molecular flexibility index (Phi) is 4.24. The van der Waals surface area contributed by atoms with E-state index in [1.54, 1.807) is 4.90 Å². The van der Waals surface area contributed by atoms with Gasteiger partial charge >= 0.3 is 5.97 Å². The molecule has 0 bridgehead atoms. The number of piperidine rings is 1. The van der Waals surface area contributed by atoms with Crippen LogP contribution in [0.2, 0.25) is 0 Å². The lowest BCUT2D eigenvalue weighted by atomic mass is 9.88. The van der Waals surface area contributed by atoms with Crippen LogP contribution in [0.15, 0.2) is 11.1 Å². The topological polar surface area (TPSA) is 69.6 Å². The molecule has 5 heteroatoms. The van der Waals surface area contributed by atoms with Gasteiger partial charge in [-0.25, -0.2) is 4.79 Å². The third-order valence-corrected chi connectivity index (χ3v) is 4.36. The Bertz CT molecular complexity index is 411. The fraction of sp³-hybridized carbons (Fsp3) is 0.714. The van der Waals surface area contributed by atoms with Crippen molar-refractivity contribution in [3.63, 3.8) is 0 Å². The quantitative estimate of drug-likeness (QED) is 0.748. The monoisotopic (exact) mass is 266 g/mol. The molecule has 2 N–H and O–H groups in total. The van der Waals surface area contributed by atoms with Gasteiger partial charge < -0.3 is 15.3 Å². The first-order valence-electron chi connectivity index (χ1n) is 6.97. The molecule has 5 nitrogen and oxygen atoms in total. The van der Waals surface area contributed by atoms with E-state index < -0.39 is 12.0 Å². The van der Waals surface area contributed by atoms with E-state index >= 15 is 0 Å². The number of hydrogen-bond acceptors (Lipinski definition) is 3. The first-order chi connectivity index (χ1) is 9.04. The van der Waals surface area contributed by atoms with Gasteiger partial charge in [0.2, 0.25) is 5.91 Å². The Morgan fingerprint density at radius 2 is 2.11 bits per heavy atom. The number of aliphatic carboxylic acids is 1. The summed E-state index contributed by atoms with van der Waals surface area (Å²) in [5.41, 5.74) is 1.83. The molecule has 2 rings (SSSR count). The van der Waals surface area contributed by atoms with Gasteiger partial charge in [-0.3, -0.25) is 4.79 Å². The maximum absolute atomic E-state index is 12.4. The molecule has 0 saturated carbocycles. The maximum Gasteiger partial charge on any atom is 0.326 e. The van der Waals surface area contributed by atoms with Crippen molar-refractivity contribution in [2.45, 2.75) is 39.2 Å². The number of nitrogens with zero attached hydrogens (tertiary/aromatic N) is 1. The third kappa shape index (κ3) is 2.81. The molecule has 2 heterocycles. The highest BCUT2D eigenvalue weighted by Gasteiger charge is 2.36. The summed E-state index contributed by atoms with van der Waals surface area (Å²) in [5.74, 6) is -0.557. The summed E-state index contributed by atoms with van der Waals surface area (Å²) in [4.78, 5) is 25.4. The molecule has 0 aromatic rings. The molecule has 2 unspecified atom stereocenters. The number of carbonyl (C=O) groups is 2. The second kappa shape index (κ2) is 5.74. The fourth-order valence-corrected chi connectivity index (χ4v) is 2.77. The summed E-state index contributed by atoms with van der Waals surface area (Å²) in [7, 11) is 0. The SMILES string of the molecule is CCC1CCN(C(=O)C(C)=C2CNC2)C(C(=O)O)C1. The highest BCUT2D eigenvalue weighted by molar-refractivity contribution is 5.96. The lowest BCUT2D eigenvalue weighted by Crippen LogP contribution is -2.51. The van der Waals surface area contributed by atoms with Gasteiger partial charge in [0, 0.05) is 25.2 Å². The molecule has 2 aliphatic heterocycles. The Morgan fingerprint density at radius 3 is 2.58 bits per heavy atom. The van der Waals surface area contributed by atoms with Crippen LogP contribution < -0.4 is 5.32 Å². The third-order valence-electron chi connectivity index (χ3n) is 4.36. The predicted molar refractivity (Wildman–Crippen MR) is 71.7 cm³/mol. The van der Waals surface area contributed by atoms with Gasteiger partial charge in [-0.1, -0.05) is 13.3 Å². The Morgan fingerprint density at radius 1 is 1.42 bits per heavy atom. The minimum absolute atomic E-state index is 0.0987. The van der Waals surface area contributed by atoms with Gasteiger partial charge in [-0.15, -0.1) is 0 Å². The highest BCUT2D eigenvalue weighted by atomic mass is 16.4. The molecule has 2 fully saturated rings. The first-order valence-corrected chi connectivity index (χ1v) is 6.97. The van der Waals surface area contributed by atoms with Gasteiger partial charge in [0.1, 0.15) is 6.04 Å². The zero-order valence-electron chi connectivity index (χ0n) is 11.6. The number of likely N-dealkylation sites (tertiary alicyclic amines) is 1. The lowest BCUT2D eigenvalue weighted by molar-refractivity contribution is -0.151. The molecule has 106 valence electrons. The van der Waals surface area contributed by atoms with Crippen molar-refractivity contribution in [3.05, 3.63) is 11.1 Å². The van der Waals surface area contributed by atoms with Crippen LogP contribution in [0.5, 0.6) is 0 Å². The van der Waals surface area contributed by atoms with Gasteiger partial charge in [-0.2, -0.15) is 0 Å². The summed E-state index contributed by atoms with van der Waals surface area (Å²) in [6.07, 6.45) is 2.47. The van der Waals surface area contributed by atoms with E-state index in [-0.39, 0.29) is 5.91 Å². The van der Waals surface area contributed by atoms with Gasteiger partial charge in [0.25, 0.3) is 0 Å². The van der Waals surface area contributed by atoms with E-state index in [4.69, 9.17) is 0 Å². The van der Waals surface area contributed by atoms with Gasteiger partial charge in [-0.05, 0) is 31.3 Å². The van der Waals surface area contributed by atoms with Crippen molar-refractivity contribution in [1.29, 1.82) is 0 Å². The van der Waals surface area contributed by atoms with Crippen molar-refractivity contribution in [1.82, 2.24) is 10.2 Å². The van der Waals surface area contributed by atoms with Crippen LogP contribution in [-0.4, -0.2) is 47.6 Å². The van der Waals surface area contributed by atoms with Gasteiger partial charge in [0.15, 0.2) is 0 Å². The molecule has 0 radical (unpaired) electrons. The number of rotatable bonds is 3. The zero-order valence-corrected chi connectivity index (χ0v) is 11.6. The molecule has 0 spiro atoms. The van der Waals surface area contributed by atoms with Crippen LogP contribution in [-0.2, 0) is 9.59 Å². The van der Waals surface area contributed by atoms with Crippen molar-refractivity contribution >= 4 is 11.9 Å². The summed E-state index contributed by atoms with van der Waals surface area (Å²) in [6.45, 7) is 5.95. The molecule has 1 amide bonds. The number of nitrogens with one attached hydrogen (secondary N) is 1. The van der Waals surface area contributed by atoms with Crippen LogP contribution in [0, 0.1) is 5.92 Å². The Hall–Kier alpha value is -1.36. The van der Waals surface area contributed by atoms with Crippen molar-refractivity contribution < 1.29 is 14.7 Å². The van der Waals surface area contributed by atoms with E-state index in [9.17, 15) is 14.7 Å². The summed E-state index contributed by atoms with van der Waals surface area (Å²) in [5, 5.41) is 12.4. The molecule has 2 atom stereocenters. The summed E-state index contributed by atoms with van der Waals surface area (Å²) >= 11 is 0. The lowest BCUT2D eigenvalue weighted by Gasteiger charge is -2.38.